The first-order valence-corrected chi connectivity index (χ1v) is 14.7. The predicted molar refractivity (Wildman–Crippen MR) is 163 cm³/mol. The van der Waals surface area contributed by atoms with Crippen LogP contribution in [-0.2, 0) is 37.6 Å². The largest absolute Gasteiger partial charge is 0.489 e. The van der Waals surface area contributed by atoms with Crippen LogP contribution in [0.15, 0.2) is 84.9 Å². The number of piperidine rings is 1. The van der Waals surface area contributed by atoms with E-state index in [0.29, 0.717) is 39.0 Å². The zero-order valence-electron chi connectivity index (χ0n) is 24.9. The third kappa shape index (κ3) is 8.44. The van der Waals surface area contributed by atoms with Crippen molar-refractivity contribution in [3.8, 4) is 5.75 Å². The van der Waals surface area contributed by atoms with Crippen LogP contribution in [0.2, 0.25) is 0 Å². The van der Waals surface area contributed by atoms with Crippen molar-refractivity contribution in [1.29, 1.82) is 0 Å². The highest BCUT2D eigenvalue weighted by atomic mass is 16.5. The van der Waals surface area contributed by atoms with Crippen molar-refractivity contribution in [1.82, 2.24) is 10.2 Å². The number of nitrogens with zero attached hydrogens (tertiary/aromatic N) is 1. The molecule has 0 aromatic heterocycles. The van der Waals surface area contributed by atoms with E-state index in [-0.39, 0.29) is 17.7 Å². The van der Waals surface area contributed by atoms with Gasteiger partial charge in [0.1, 0.15) is 18.4 Å². The Hall–Kier alpha value is -4.13. The zero-order chi connectivity index (χ0) is 30.0. The SMILES string of the molecule is COC(=O)[C@H](CCc1ccc(OCc2ccccc2)cc1)NC(=O)CC1CCN(C(=O)C(C)(C)c2ccccc2)CC1. The number of nitrogens with one attached hydrogen (secondary N) is 1. The van der Waals surface area contributed by atoms with E-state index in [1.807, 2.05) is 104 Å². The van der Waals surface area contributed by atoms with E-state index in [9.17, 15) is 14.4 Å². The van der Waals surface area contributed by atoms with E-state index in [4.69, 9.17) is 9.47 Å². The van der Waals surface area contributed by atoms with Crippen LogP contribution in [-0.4, -0.2) is 48.9 Å². The fourth-order valence-electron chi connectivity index (χ4n) is 5.42. The smallest absolute Gasteiger partial charge is 0.328 e. The second-order valence-electron chi connectivity index (χ2n) is 11.5. The lowest BCUT2D eigenvalue weighted by molar-refractivity contribution is -0.145. The number of carbonyl (C=O) groups excluding carboxylic acids is 3. The summed E-state index contributed by atoms with van der Waals surface area (Å²) in [7, 11) is 1.34. The minimum atomic E-state index is -0.718. The molecule has 0 aliphatic carbocycles. The molecule has 1 N–H and O–H groups in total. The highest BCUT2D eigenvalue weighted by Gasteiger charge is 2.35. The van der Waals surface area contributed by atoms with Crippen LogP contribution in [0.1, 0.15) is 56.2 Å². The van der Waals surface area contributed by atoms with Crippen LogP contribution in [0.4, 0.5) is 0 Å². The van der Waals surface area contributed by atoms with Crippen molar-refractivity contribution >= 4 is 17.8 Å². The maximum Gasteiger partial charge on any atom is 0.328 e. The minimum Gasteiger partial charge on any atom is -0.489 e. The Bertz CT molecular complexity index is 1300. The van der Waals surface area contributed by atoms with Gasteiger partial charge in [-0.25, -0.2) is 4.79 Å². The van der Waals surface area contributed by atoms with Crippen LogP contribution in [0.25, 0.3) is 0 Å². The van der Waals surface area contributed by atoms with Gasteiger partial charge < -0.3 is 19.7 Å². The number of hydrogen-bond acceptors (Lipinski definition) is 5. The molecule has 1 aliphatic rings. The van der Waals surface area contributed by atoms with E-state index in [1.54, 1.807) is 0 Å². The van der Waals surface area contributed by atoms with Crippen LogP contribution in [0.3, 0.4) is 0 Å². The molecule has 0 radical (unpaired) electrons. The van der Waals surface area contributed by atoms with Gasteiger partial charge in [-0.15, -0.1) is 0 Å². The van der Waals surface area contributed by atoms with Gasteiger partial charge in [0.2, 0.25) is 11.8 Å². The minimum absolute atomic E-state index is 0.109. The second-order valence-corrected chi connectivity index (χ2v) is 11.5. The molecule has 1 saturated heterocycles. The third-order valence-corrected chi connectivity index (χ3v) is 8.12. The molecule has 0 spiro atoms. The van der Waals surface area contributed by atoms with E-state index in [2.05, 4.69) is 5.32 Å². The molecule has 0 bridgehead atoms. The Labute approximate surface area is 249 Å². The number of hydrogen-bond donors (Lipinski definition) is 1. The molecule has 222 valence electrons. The van der Waals surface area contributed by atoms with Crippen molar-refractivity contribution in [2.45, 2.75) is 64.0 Å². The van der Waals surface area contributed by atoms with Crippen molar-refractivity contribution in [3.63, 3.8) is 0 Å². The average molecular weight is 571 g/mol. The summed E-state index contributed by atoms with van der Waals surface area (Å²) in [5.74, 6) is 0.435. The number of ether oxygens (including phenoxy) is 2. The summed E-state index contributed by atoms with van der Waals surface area (Å²) in [4.78, 5) is 40.6. The first kappa shape index (κ1) is 30.8. The number of rotatable bonds is 12. The lowest BCUT2D eigenvalue weighted by Crippen LogP contribution is -2.48. The molecule has 7 heteroatoms. The average Bonchev–Trinajstić information content (AvgIpc) is 3.03. The highest BCUT2D eigenvalue weighted by molar-refractivity contribution is 5.87. The van der Waals surface area contributed by atoms with E-state index >= 15 is 0 Å². The first-order valence-electron chi connectivity index (χ1n) is 14.7. The van der Waals surface area contributed by atoms with Crippen molar-refractivity contribution in [3.05, 3.63) is 102 Å². The van der Waals surface area contributed by atoms with Gasteiger partial charge in [0.25, 0.3) is 0 Å². The Balaban J connectivity index is 1.22. The highest BCUT2D eigenvalue weighted by Crippen LogP contribution is 2.29. The molecule has 1 aliphatic heterocycles. The van der Waals surface area contributed by atoms with E-state index < -0.39 is 17.4 Å². The maximum absolute atomic E-state index is 13.3. The van der Waals surface area contributed by atoms with E-state index in [0.717, 1.165) is 35.3 Å². The number of esters is 1. The summed E-state index contributed by atoms with van der Waals surface area (Å²) in [5, 5.41) is 2.90. The van der Waals surface area contributed by atoms with Crippen LogP contribution in [0, 0.1) is 5.92 Å². The topological polar surface area (TPSA) is 84.9 Å². The third-order valence-electron chi connectivity index (χ3n) is 8.12. The van der Waals surface area contributed by atoms with Gasteiger partial charge >= 0.3 is 5.97 Å². The molecule has 1 atom stereocenters. The second kappa shape index (κ2) is 14.7. The van der Waals surface area contributed by atoms with Crippen LogP contribution >= 0.6 is 0 Å². The quantitative estimate of drug-likeness (QED) is 0.292. The summed E-state index contributed by atoms with van der Waals surface area (Å²) in [5.41, 5.74) is 2.54. The standard InChI is InChI=1S/C35H42N2O5/c1-35(2,29-12-8-5-9-13-29)34(40)37-22-20-27(21-23-37)24-32(38)36-31(33(39)41-3)19-16-26-14-17-30(18-15-26)42-25-28-10-6-4-7-11-28/h4-15,17-18,27,31H,16,19-25H2,1-3H3,(H,36,38)/t31-/m0/s1. The van der Waals surface area contributed by atoms with Gasteiger partial charge in [0, 0.05) is 19.5 Å². The monoisotopic (exact) mass is 570 g/mol. The number of aryl methyl sites for hydroxylation is 1. The van der Waals surface area contributed by atoms with Crippen molar-refractivity contribution < 1.29 is 23.9 Å². The molecule has 1 heterocycles. The normalized spacial score (nSPS) is 14.6. The van der Waals surface area contributed by atoms with Gasteiger partial charge in [-0.05, 0) is 74.3 Å². The first-order chi connectivity index (χ1) is 20.3. The molecule has 42 heavy (non-hydrogen) atoms. The van der Waals surface area contributed by atoms with Gasteiger partial charge in [-0.1, -0.05) is 72.8 Å². The molecule has 1 fully saturated rings. The summed E-state index contributed by atoms with van der Waals surface area (Å²) in [6, 6.07) is 26.9. The summed E-state index contributed by atoms with van der Waals surface area (Å²) in [6.45, 7) is 5.67. The Morgan fingerprint density at radius 3 is 2.12 bits per heavy atom. The van der Waals surface area contributed by atoms with Gasteiger partial charge in [0.15, 0.2) is 0 Å². The molecular formula is C35H42N2O5. The van der Waals surface area contributed by atoms with Gasteiger partial charge in [-0.2, -0.15) is 0 Å². The number of likely N-dealkylation sites (tertiary alicyclic amines) is 1. The maximum atomic E-state index is 13.3. The number of methoxy groups -OCH3 is 1. The van der Waals surface area contributed by atoms with Gasteiger partial charge in [0.05, 0.1) is 12.5 Å². The molecule has 3 aromatic carbocycles. The van der Waals surface area contributed by atoms with Gasteiger partial charge in [-0.3, -0.25) is 9.59 Å². The molecule has 3 aromatic rings. The Kier molecular flexibility index (Phi) is 10.8. The molecular weight excluding hydrogens is 528 g/mol. The Morgan fingerprint density at radius 1 is 0.881 bits per heavy atom. The van der Waals surface area contributed by atoms with Crippen LogP contribution < -0.4 is 10.1 Å². The molecule has 7 nitrogen and oxygen atoms in total. The van der Waals surface area contributed by atoms with Crippen molar-refractivity contribution in [2.24, 2.45) is 5.92 Å². The molecule has 2 amide bonds. The Morgan fingerprint density at radius 2 is 1.50 bits per heavy atom. The predicted octanol–water partition coefficient (Wildman–Crippen LogP) is 5.46. The van der Waals surface area contributed by atoms with E-state index in [1.165, 1.54) is 7.11 Å². The fraction of sp³-hybridized carbons (Fsp3) is 0.400. The summed E-state index contributed by atoms with van der Waals surface area (Å²) >= 11 is 0. The van der Waals surface area contributed by atoms with Crippen molar-refractivity contribution in [2.75, 3.05) is 20.2 Å². The summed E-state index contributed by atoms with van der Waals surface area (Å²) in [6.07, 6.45) is 2.88. The lowest BCUT2D eigenvalue weighted by Gasteiger charge is -2.37. The van der Waals surface area contributed by atoms with Crippen LogP contribution in [0.5, 0.6) is 5.75 Å². The number of carbonyl (C=O) groups is 3. The summed E-state index contributed by atoms with van der Waals surface area (Å²) < 4.78 is 10.8. The fourth-order valence-corrected chi connectivity index (χ4v) is 5.42. The molecule has 4 rings (SSSR count). The lowest BCUT2D eigenvalue weighted by atomic mass is 9.82. The molecule has 0 unspecified atom stereocenters. The number of benzene rings is 3. The zero-order valence-corrected chi connectivity index (χ0v) is 24.9. The molecule has 0 saturated carbocycles. The number of amides is 2.